The number of carbonyl (C=O) groups excluding carboxylic acids is 1. The lowest BCUT2D eigenvalue weighted by atomic mass is 10.0. The highest BCUT2D eigenvalue weighted by Gasteiger charge is 2.15. The highest BCUT2D eigenvalue weighted by atomic mass is 16.5. The number of amides is 1. The Bertz CT molecular complexity index is 791. The molecule has 2 aromatic carbocycles. The maximum atomic E-state index is 12.2. The van der Waals surface area contributed by atoms with Crippen molar-refractivity contribution in [2.24, 2.45) is 0 Å². The molecule has 0 bridgehead atoms. The van der Waals surface area contributed by atoms with Gasteiger partial charge in [0.15, 0.2) is 0 Å². The maximum Gasteiger partial charge on any atom is 0.244 e. The molecule has 0 atom stereocenters. The lowest BCUT2D eigenvalue weighted by Gasteiger charge is -2.24. The third kappa shape index (κ3) is 6.04. The van der Waals surface area contributed by atoms with Gasteiger partial charge in [0.25, 0.3) is 0 Å². The number of hydrogen-bond donors (Lipinski definition) is 2. The first kappa shape index (κ1) is 20.3. The van der Waals surface area contributed by atoms with Gasteiger partial charge in [0, 0.05) is 18.2 Å². The Morgan fingerprint density at radius 1 is 1.07 bits per heavy atom. The molecule has 4 heteroatoms. The summed E-state index contributed by atoms with van der Waals surface area (Å²) in [5.41, 5.74) is 4.83. The van der Waals surface area contributed by atoms with Gasteiger partial charge in [-0.15, -0.1) is 0 Å². The molecule has 2 N–H and O–H groups in total. The van der Waals surface area contributed by atoms with Gasteiger partial charge in [-0.25, -0.2) is 0 Å². The standard InChI is InChI=1S/C24H30N2O2/c1-19(2)21-10-7-20(8-11-21)9-12-24(27)25-17-22-5-3-4-6-23(22)18-26-13-15-28-16-14-26/h3-12,19H,13-18H2,1-2H3,(H,25,27)/p+1/b12-9+. The van der Waals surface area contributed by atoms with Crippen molar-refractivity contribution in [1.29, 1.82) is 0 Å². The first-order valence-corrected chi connectivity index (χ1v) is 10.2. The minimum atomic E-state index is -0.0681. The molecule has 0 saturated carbocycles. The van der Waals surface area contributed by atoms with E-state index in [4.69, 9.17) is 4.74 Å². The van der Waals surface area contributed by atoms with Crippen molar-refractivity contribution >= 4 is 12.0 Å². The largest absolute Gasteiger partial charge is 0.370 e. The van der Waals surface area contributed by atoms with Crippen LogP contribution in [0.1, 0.15) is 42.0 Å². The monoisotopic (exact) mass is 379 g/mol. The van der Waals surface area contributed by atoms with Crippen LogP contribution in [0.2, 0.25) is 0 Å². The molecule has 0 aliphatic carbocycles. The predicted molar refractivity (Wildman–Crippen MR) is 113 cm³/mol. The Morgan fingerprint density at radius 2 is 1.75 bits per heavy atom. The number of ether oxygens (including phenoxy) is 1. The number of hydrogen-bond acceptors (Lipinski definition) is 2. The van der Waals surface area contributed by atoms with Crippen LogP contribution in [0.4, 0.5) is 0 Å². The van der Waals surface area contributed by atoms with Crippen LogP contribution in [0.3, 0.4) is 0 Å². The van der Waals surface area contributed by atoms with Crippen LogP contribution < -0.4 is 10.2 Å². The third-order valence-electron chi connectivity index (χ3n) is 5.24. The lowest BCUT2D eigenvalue weighted by Crippen LogP contribution is -3.12. The van der Waals surface area contributed by atoms with Crippen LogP contribution in [0, 0.1) is 0 Å². The molecule has 3 rings (SSSR count). The van der Waals surface area contributed by atoms with Crippen LogP contribution in [0.15, 0.2) is 54.6 Å². The normalized spacial score (nSPS) is 15.2. The summed E-state index contributed by atoms with van der Waals surface area (Å²) in [6.45, 7) is 9.63. The Morgan fingerprint density at radius 3 is 2.43 bits per heavy atom. The second-order valence-electron chi connectivity index (χ2n) is 7.68. The van der Waals surface area contributed by atoms with E-state index in [-0.39, 0.29) is 5.91 Å². The number of carbonyl (C=O) groups is 1. The number of rotatable bonds is 7. The van der Waals surface area contributed by atoms with Gasteiger partial charge < -0.3 is 15.0 Å². The van der Waals surface area contributed by atoms with E-state index in [1.807, 2.05) is 12.1 Å². The fourth-order valence-electron chi connectivity index (χ4n) is 3.41. The molecule has 1 heterocycles. The first-order chi connectivity index (χ1) is 13.6. The first-order valence-electron chi connectivity index (χ1n) is 10.2. The Balaban J connectivity index is 1.54. The second kappa shape index (κ2) is 10.2. The van der Waals surface area contributed by atoms with E-state index in [1.165, 1.54) is 21.6 Å². The topological polar surface area (TPSA) is 42.8 Å². The van der Waals surface area contributed by atoms with Crippen molar-refractivity contribution < 1.29 is 14.4 Å². The molecule has 2 aromatic rings. The van der Waals surface area contributed by atoms with E-state index < -0.39 is 0 Å². The molecule has 148 valence electrons. The molecule has 1 amide bonds. The van der Waals surface area contributed by atoms with Crippen LogP contribution in [0.25, 0.3) is 6.08 Å². The van der Waals surface area contributed by atoms with Gasteiger partial charge in [-0.05, 0) is 28.7 Å². The van der Waals surface area contributed by atoms with Gasteiger partial charge >= 0.3 is 0 Å². The average molecular weight is 380 g/mol. The average Bonchev–Trinajstić information content (AvgIpc) is 2.72. The van der Waals surface area contributed by atoms with E-state index in [2.05, 4.69) is 61.6 Å². The predicted octanol–water partition coefficient (Wildman–Crippen LogP) is 2.55. The van der Waals surface area contributed by atoms with Gasteiger partial charge in [-0.2, -0.15) is 0 Å². The summed E-state index contributed by atoms with van der Waals surface area (Å²) in [6.07, 6.45) is 3.48. The molecule has 1 saturated heterocycles. The molecule has 0 spiro atoms. The minimum absolute atomic E-state index is 0.0681. The molecule has 0 aromatic heterocycles. The number of quaternary nitrogens is 1. The molecular weight excluding hydrogens is 348 g/mol. The molecule has 0 radical (unpaired) electrons. The molecule has 1 aliphatic rings. The minimum Gasteiger partial charge on any atom is -0.370 e. The molecular formula is C24H31N2O2+. The lowest BCUT2D eigenvalue weighted by molar-refractivity contribution is -0.921. The van der Waals surface area contributed by atoms with Crippen molar-refractivity contribution in [3.8, 4) is 0 Å². The summed E-state index contributed by atoms with van der Waals surface area (Å²) in [7, 11) is 0. The van der Waals surface area contributed by atoms with E-state index in [0.717, 1.165) is 38.4 Å². The number of morpholine rings is 1. The zero-order valence-electron chi connectivity index (χ0n) is 16.9. The SMILES string of the molecule is CC(C)c1ccc(/C=C/C(=O)NCc2ccccc2C[NH+]2CCOCC2)cc1. The van der Waals surface area contributed by atoms with E-state index in [0.29, 0.717) is 12.5 Å². The summed E-state index contributed by atoms with van der Waals surface area (Å²) in [6, 6.07) is 16.7. The van der Waals surface area contributed by atoms with Gasteiger partial charge in [0.1, 0.15) is 19.6 Å². The Hall–Kier alpha value is -2.43. The molecule has 4 nitrogen and oxygen atoms in total. The van der Waals surface area contributed by atoms with Gasteiger partial charge in [0.05, 0.1) is 13.2 Å². The Labute approximate surface area is 168 Å². The summed E-state index contributed by atoms with van der Waals surface area (Å²) in [5.74, 6) is 0.446. The highest BCUT2D eigenvalue weighted by molar-refractivity contribution is 5.91. The van der Waals surface area contributed by atoms with Crippen LogP contribution in [-0.4, -0.2) is 32.2 Å². The third-order valence-corrected chi connectivity index (χ3v) is 5.24. The fraction of sp³-hybridized carbons (Fsp3) is 0.375. The van der Waals surface area contributed by atoms with E-state index in [9.17, 15) is 4.79 Å². The van der Waals surface area contributed by atoms with Crippen molar-refractivity contribution in [3.63, 3.8) is 0 Å². The van der Waals surface area contributed by atoms with E-state index in [1.54, 1.807) is 6.08 Å². The highest BCUT2D eigenvalue weighted by Crippen LogP contribution is 2.15. The number of nitrogens with one attached hydrogen (secondary N) is 2. The molecule has 1 aliphatic heterocycles. The van der Waals surface area contributed by atoms with Crippen molar-refractivity contribution in [2.75, 3.05) is 26.3 Å². The summed E-state index contributed by atoms with van der Waals surface area (Å²) in [5, 5.41) is 3.02. The molecule has 28 heavy (non-hydrogen) atoms. The summed E-state index contributed by atoms with van der Waals surface area (Å²) < 4.78 is 5.44. The smallest absolute Gasteiger partial charge is 0.244 e. The van der Waals surface area contributed by atoms with Crippen molar-refractivity contribution in [1.82, 2.24) is 5.32 Å². The second-order valence-corrected chi connectivity index (χ2v) is 7.68. The van der Waals surface area contributed by atoms with Gasteiger partial charge in [0.2, 0.25) is 5.91 Å². The molecule has 0 unspecified atom stereocenters. The van der Waals surface area contributed by atoms with Gasteiger partial charge in [-0.3, -0.25) is 4.79 Å². The zero-order chi connectivity index (χ0) is 19.8. The van der Waals surface area contributed by atoms with Crippen molar-refractivity contribution in [2.45, 2.75) is 32.9 Å². The maximum absolute atomic E-state index is 12.2. The zero-order valence-corrected chi connectivity index (χ0v) is 16.9. The summed E-state index contributed by atoms with van der Waals surface area (Å²) in [4.78, 5) is 13.8. The van der Waals surface area contributed by atoms with Crippen LogP contribution in [0.5, 0.6) is 0 Å². The quantitative estimate of drug-likeness (QED) is 0.726. The summed E-state index contributed by atoms with van der Waals surface area (Å²) >= 11 is 0. The molecule has 1 fully saturated rings. The van der Waals surface area contributed by atoms with Crippen LogP contribution in [-0.2, 0) is 22.6 Å². The van der Waals surface area contributed by atoms with Gasteiger partial charge in [-0.1, -0.05) is 62.4 Å². The van der Waals surface area contributed by atoms with Crippen LogP contribution >= 0.6 is 0 Å². The Kier molecular flexibility index (Phi) is 7.40. The fourth-order valence-corrected chi connectivity index (χ4v) is 3.41. The van der Waals surface area contributed by atoms with E-state index >= 15 is 0 Å². The number of benzene rings is 2. The van der Waals surface area contributed by atoms with Crippen molar-refractivity contribution in [3.05, 3.63) is 76.9 Å².